The quantitative estimate of drug-likeness (QED) is 0.0692. The Hall–Kier alpha value is -3.15. The highest BCUT2D eigenvalue weighted by molar-refractivity contribution is 5.69. The van der Waals surface area contributed by atoms with Crippen LogP contribution in [0.3, 0.4) is 0 Å². The lowest BCUT2D eigenvalue weighted by molar-refractivity contribution is -0.144. The van der Waals surface area contributed by atoms with Crippen LogP contribution in [0.25, 0.3) is 0 Å². The number of hydrogen-bond acceptors (Lipinski definition) is 9. The van der Waals surface area contributed by atoms with Crippen molar-refractivity contribution in [3.63, 3.8) is 0 Å². The normalized spacial score (nSPS) is 11.5. The maximum Gasteiger partial charge on any atom is 0.308 e. The minimum atomic E-state index is -0.750. The Balaban J connectivity index is 1.21. The number of carbonyl (C=O) groups is 1. The van der Waals surface area contributed by atoms with Crippen molar-refractivity contribution < 1.29 is 42.7 Å². The number of rotatable bonds is 26. The van der Waals surface area contributed by atoms with Crippen LogP contribution in [0.2, 0.25) is 0 Å². The van der Waals surface area contributed by atoms with Gasteiger partial charge in [-0.3, -0.25) is 4.79 Å². The van der Waals surface area contributed by atoms with Crippen LogP contribution in [0.5, 0.6) is 0 Å². The zero-order valence-electron chi connectivity index (χ0n) is 26.4. The van der Waals surface area contributed by atoms with Crippen LogP contribution in [-0.2, 0) is 48.3 Å². The molecule has 3 rings (SSSR count). The fourth-order valence-electron chi connectivity index (χ4n) is 4.61. The lowest BCUT2D eigenvalue weighted by Crippen LogP contribution is -2.34. The Morgan fingerprint density at radius 1 is 0.467 bits per heavy atom. The Bertz CT molecular complexity index is 1030. The monoisotopic (exact) mass is 624 g/mol. The van der Waals surface area contributed by atoms with E-state index in [0.717, 1.165) is 16.7 Å². The molecule has 0 atom stereocenters. The van der Waals surface area contributed by atoms with Crippen molar-refractivity contribution in [3.8, 4) is 0 Å². The molecule has 9 heteroatoms. The van der Waals surface area contributed by atoms with Crippen molar-refractivity contribution in [2.24, 2.45) is 0 Å². The number of esters is 1. The lowest BCUT2D eigenvalue weighted by atomic mass is 9.80. The third-order valence-electron chi connectivity index (χ3n) is 6.70. The fourth-order valence-corrected chi connectivity index (χ4v) is 4.61. The molecule has 3 aromatic rings. The van der Waals surface area contributed by atoms with Crippen molar-refractivity contribution >= 4 is 5.97 Å². The molecule has 0 unspecified atom stereocenters. The van der Waals surface area contributed by atoms with E-state index in [2.05, 4.69) is 36.4 Å². The van der Waals surface area contributed by atoms with Gasteiger partial charge in [0.05, 0.1) is 98.9 Å². The lowest BCUT2D eigenvalue weighted by Gasteiger charge is -2.36. The van der Waals surface area contributed by atoms with E-state index in [-0.39, 0.29) is 12.4 Å². The summed E-state index contributed by atoms with van der Waals surface area (Å²) in [4.78, 5) is 11.2. The van der Waals surface area contributed by atoms with Crippen molar-refractivity contribution in [1.29, 1.82) is 0 Å². The van der Waals surface area contributed by atoms with Crippen LogP contribution in [-0.4, -0.2) is 98.5 Å². The second-order valence-electron chi connectivity index (χ2n) is 9.86. The second-order valence-corrected chi connectivity index (χ2v) is 9.86. The summed E-state index contributed by atoms with van der Waals surface area (Å²) >= 11 is 0. The molecule has 9 nitrogen and oxygen atoms in total. The Labute approximate surface area is 267 Å². The van der Waals surface area contributed by atoms with Gasteiger partial charge in [0.15, 0.2) is 0 Å². The molecule has 0 saturated carbocycles. The highest BCUT2D eigenvalue weighted by Crippen LogP contribution is 2.40. The van der Waals surface area contributed by atoms with Crippen LogP contribution in [0.4, 0.5) is 0 Å². The highest BCUT2D eigenvalue weighted by Gasteiger charge is 2.37. The first kappa shape index (κ1) is 36.3. The van der Waals surface area contributed by atoms with Gasteiger partial charge in [-0.05, 0) is 23.6 Å². The van der Waals surface area contributed by atoms with Gasteiger partial charge in [0.2, 0.25) is 0 Å². The minimum Gasteiger partial charge on any atom is -0.466 e. The topological polar surface area (TPSA) is 90.9 Å². The smallest absolute Gasteiger partial charge is 0.308 e. The molecule has 0 amide bonds. The van der Waals surface area contributed by atoms with Crippen LogP contribution >= 0.6 is 0 Å². The summed E-state index contributed by atoms with van der Waals surface area (Å²) in [6.07, 6.45) is 0.256. The van der Waals surface area contributed by atoms with Gasteiger partial charge in [-0.1, -0.05) is 91.0 Å². The zero-order chi connectivity index (χ0) is 31.7. The number of carbonyl (C=O) groups excluding carboxylic acids is 1. The van der Waals surface area contributed by atoms with E-state index in [0.29, 0.717) is 92.5 Å². The van der Waals surface area contributed by atoms with Gasteiger partial charge < -0.3 is 37.9 Å². The van der Waals surface area contributed by atoms with Gasteiger partial charge in [-0.2, -0.15) is 0 Å². The first-order chi connectivity index (χ1) is 22.3. The van der Waals surface area contributed by atoms with Gasteiger partial charge in [0.25, 0.3) is 0 Å². The predicted octanol–water partition coefficient (Wildman–Crippen LogP) is 5.05. The summed E-state index contributed by atoms with van der Waals surface area (Å²) in [5, 5.41) is 0. The van der Waals surface area contributed by atoms with Crippen LogP contribution < -0.4 is 0 Å². The van der Waals surface area contributed by atoms with Crippen LogP contribution in [0.1, 0.15) is 30.0 Å². The van der Waals surface area contributed by atoms with E-state index in [4.69, 9.17) is 37.9 Å². The number of hydrogen-bond donors (Lipinski definition) is 0. The van der Waals surface area contributed by atoms with E-state index in [1.54, 1.807) is 6.92 Å². The molecule has 45 heavy (non-hydrogen) atoms. The Morgan fingerprint density at radius 2 is 0.778 bits per heavy atom. The molecule has 0 radical (unpaired) electrons. The van der Waals surface area contributed by atoms with E-state index in [9.17, 15) is 4.79 Å². The average Bonchev–Trinajstić information content (AvgIpc) is 3.08. The van der Waals surface area contributed by atoms with Crippen molar-refractivity contribution in [2.45, 2.75) is 18.9 Å². The van der Waals surface area contributed by atoms with E-state index >= 15 is 0 Å². The maximum atomic E-state index is 11.2. The van der Waals surface area contributed by atoms with Crippen molar-refractivity contribution in [2.75, 3.05) is 92.5 Å². The van der Waals surface area contributed by atoms with Gasteiger partial charge in [-0.15, -0.1) is 0 Å². The van der Waals surface area contributed by atoms with Gasteiger partial charge in [0, 0.05) is 0 Å². The molecule has 0 aliphatic heterocycles. The summed E-state index contributed by atoms with van der Waals surface area (Å²) < 4.78 is 44.8. The van der Waals surface area contributed by atoms with E-state index in [1.807, 2.05) is 54.6 Å². The Kier molecular flexibility index (Phi) is 18.7. The van der Waals surface area contributed by atoms with Crippen molar-refractivity contribution in [3.05, 3.63) is 108 Å². The number of ether oxygens (including phenoxy) is 8. The summed E-state index contributed by atoms with van der Waals surface area (Å²) in [6.45, 7) is 8.08. The third-order valence-corrected chi connectivity index (χ3v) is 6.70. The molecule has 0 aliphatic carbocycles. The van der Waals surface area contributed by atoms with Gasteiger partial charge in [0.1, 0.15) is 5.60 Å². The molecular weight excluding hydrogens is 576 g/mol. The second kappa shape index (κ2) is 23.2. The highest BCUT2D eigenvalue weighted by atomic mass is 16.6. The summed E-state index contributed by atoms with van der Waals surface area (Å²) in [6, 6.07) is 30.9. The molecule has 0 aromatic heterocycles. The molecular formula is C36H48O9. The molecule has 0 saturated heterocycles. The predicted molar refractivity (Wildman–Crippen MR) is 171 cm³/mol. The summed E-state index contributed by atoms with van der Waals surface area (Å²) in [7, 11) is 0. The van der Waals surface area contributed by atoms with Crippen LogP contribution in [0.15, 0.2) is 91.0 Å². The largest absolute Gasteiger partial charge is 0.466 e. The summed E-state index contributed by atoms with van der Waals surface area (Å²) in [5.74, 6) is -0.249. The zero-order valence-corrected chi connectivity index (χ0v) is 26.4. The van der Waals surface area contributed by atoms with E-state index < -0.39 is 5.60 Å². The van der Waals surface area contributed by atoms with Crippen LogP contribution in [0, 0.1) is 0 Å². The standard InChI is InChI=1S/C36H48O9/c1-2-44-35(37)18-19-38-20-21-39-22-23-40-24-25-41-26-27-42-28-29-43-30-31-45-36(32-12-6-3-7-13-32,33-14-8-4-9-15-33)34-16-10-5-11-17-34/h3-17H,2,18-31H2,1H3. The van der Waals surface area contributed by atoms with Crippen molar-refractivity contribution in [1.82, 2.24) is 0 Å². The molecule has 246 valence electrons. The molecule has 0 bridgehead atoms. The maximum absolute atomic E-state index is 11.2. The molecule has 0 heterocycles. The average molecular weight is 625 g/mol. The fraction of sp³-hybridized carbons (Fsp3) is 0.472. The minimum absolute atomic E-state index is 0.249. The van der Waals surface area contributed by atoms with E-state index in [1.165, 1.54) is 0 Å². The van der Waals surface area contributed by atoms with Gasteiger partial charge in [-0.25, -0.2) is 0 Å². The molecule has 0 fully saturated rings. The molecule has 0 aliphatic rings. The molecule has 3 aromatic carbocycles. The van der Waals surface area contributed by atoms with Gasteiger partial charge >= 0.3 is 5.97 Å². The molecule has 0 N–H and O–H groups in total. The summed E-state index contributed by atoms with van der Waals surface area (Å²) in [5.41, 5.74) is 2.45. The third kappa shape index (κ3) is 13.8. The first-order valence-corrected chi connectivity index (χ1v) is 15.7. The Morgan fingerprint density at radius 3 is 1.11 bits per heavy atom. The molecule has 0 spiro atoms. The number of benzene rings is 3. The SMILES string of the molecule is CCOC(=O)CCOCCOCCOCCOCCOCCOCCOC(c1ccccc1)(c1ccccc1)c1ccccc1. The first-order valence-electron chi connectivity index (χ1n) is 15.7.